The molecule has 0 spiro atoms. The summed E-state index contributed by atoms with van der Waals surface area (Å²) in [7, 11) is 0. The molecule has 0 aliphatic heterocycles. The first-order valence-corrected chi connectivity index (χ1v) is 0. The van der Waals surface area contributed by atoms with Gasteiger partial charge < -0.3 is 170 Å². The summed E-state index contributed by atoms with van der Waals surface area (Å²) in [6.07, 6.45) is 0. The fourth-order valence-corrected chi connectivity index (χ4v) is 0. The maximum absolute atomic E-state index is 0. The Morgan fingerprint density at radius 2 is 0.0952 bits per heavy atom. The zero-order valence-electron chi connectivity index (χ0n) is 22.5. The van der Waals surface area contributed by atoms with Crippen molar-refractivity contribution in [2.45, 2.75) is 0 Å². The minimum Gasteiger partial charge on any atom is -0.870 e. The molecule has 0 fully saturated rings. The fraction of sp³-hybridized carbons (Fsp3) is 0. The Kier molecular flexibility index (Phi) is 23100. The van der Waals surface area contributed by atoms with Gasteiger partial charge in [-0.3, -0.25) is 0 Å². The van der Waals surface area contributed by atoms with Crippen LogP contribution in [0.1, 0.15) is 0 Å². The molecule has 0 bridgehead atoms. The summed E-state index contributed by atoms with van der Waals surface area (Å²) in [6, 6.07) is 0. The normalized spacial score (nSPS) is 0. The fourth-order valence-electron chi connectivity index (χ4n) is 0. The first kappa shape index (κ1) is 1010. The van der Waals surface area contributed by atoms with E-state index in [0.29, 0.717) is 0 Å². The predicted molar refractivity (Wildman–Crippen MR) is 134 cm³/mol. The van der Waals surface area contributed by atoms with Gasteiger partial charge in [-0.2, -0.15) is 0 Å². The van der Waals surface area contributed by atoms with Crippen LogP contribution in [0.5, 0.6) is 0 Å². The van der Waals surface area contributed by atoms with E-state index in [0.717, 1.165) is 0 Å². The van der Waals surface area contributed by atoms with Crippen molar-refractivity contribution in [3.05, 3.63) is 0 Å². The van der Waals surface area contributed by atoms with Crippen molar-refractivity contribution < 1.29 is 199 Å². The van der Waals surface area contributed by atoms with Crippen LogP contribution in [-0.2, 0) is 0 Å². The van der Waals surface area contributed by atoms with Gasteiger partial charge in [0, 0.05) is 0 Å². The van der Waals surface area contributed by atoms with E-state index in [9.17, 15) is 0 Å². The van der Waals surface area contributed by atoms with Gasteiger partial charge in [0.25, 0.3) is 0 Å². The Hall–Kier alpha value is 12.4. The van der Waals surface area contributed by atoms with Crippen LogP contribution < -0.4 is 29.6 Å². The molecule has 0 radical (unpaired) electrons. The zero-order chi connectivity index (χ0) is 0. The van der Waals surface area contributed by atoms with Crippen molar-refractivity contribution in [3.8, 4) is 0 Å². The average molecular weight is 961 g/mol. The first-order valence-electron chi connectivity index (χ1n) is 0. The molecule has 0 aromatic carbocycles. The molecule has 41 N–H and O–H groups in total. The van der Waals surface area contributed by atoms with Crippen LogP contribution in [-0.4, -0.2) is 547 Å². The number of hydrogen-bond acceptors (Lipinski definition) is 21. The molecule has 0 aromatic heterocycles. The van der Waals surface area contributed by atoms with Gasteiger partial charge in [-0.05, 0) is 0 Å². The minimum absolute atomic E-state index is 0. The molecular weight excluding hydrogens is 920 g/mol. The Labute approximate surface area is 561 Å². The number of rotatable bonds is 0. The van der Waals surface area contributed by atoms with Crippen LogP contribution in [0.4, 0.5) is 0 Å². The third-order valence-corrected chi connectivity index (χ3v) is 0. The van der Waals surface area contributed by atoms with E-state index in [2.05, 4.69) is 0 Å². The maximum Gasteiger partial charge on any atom is 2.00 e. The second-order valence-electron chi connectivity index (χ2n) is 0. The van der Waals surface area contributed by atoms with E-state index in [-0.39, 0.29) is 577 Å². The summed E-state index contributed by atoms with van der Waals surface area (Å²) in [4.78, 5) is 0. The molecule has 0 unspecified atom stereocenters. The average Bonchev–Trinajstić information content (AvgIpc) is 0. The topological polar surface area (TPSA) is 945 Å². The SMILES string of the molecule is O.O.O.O.O.O.O.O.O.O.[Ca+2].[Ca+2].[Ca+2].[Ca+2].[Ca+2].[Ca+2].[Ca+2].[Ca+2].[Ca+2].[Ca+2].[Na+].[OH-].[OH-].[OH-].[OH-].[OH-].[OH-].[OH-].[OH-].[OH-].[OH-].[OH-].[OH-].[OH-].[OH-].[OH-].[OH-].[OH-].[OH-].[OH-].[OH-].[OH-]. The molecule has 0 aliphatic rings. The quantitative estimate of drug-likeness (QED) is 0.203. The summed E-state index contributed by atoms with van der Waals surface area (Å²) in [6.45, 7) is 0. The van der Waals surface area contributed by atoms with Crippen molar-refractivity contribution in [3.63, 3.8) is 0 Å². The molecule has 42 heteroatoms. The predicted octanol–water partition coefficient (Wildman–Crippen LogP) is -18.8. The molecule has 31 nitrogen and oxygen atoms in total. The minimum atomic E-state index is 0. The summed E-state index contributed by atoms with van der Waals surface area (Å²) in [5.74, 6) is 0. The summed E-state index contributed by atoms with van der Waals surface area (Å²) >= 11 is 0. The van der Waals surface area contributed by atoms with E-state index < -0.39 is 0 Å². The van der Waals surface area contributed by atoms with Crippen LogP contribution >= 0.6 is 0 Å². The Morgan fingerprint density at radius 1 is 0.0952 bits per heavy atom. The molecule has 248 valence electrons. The second-order valence-corrected chi connectivity index (χ2v) is 0. The molecule has 0 heterocycles. The molecule has 0 rings (SSSR count). The van der Waals surface area contributed by atoms with Gasteiger partial charge in [0.15, 0.2) is 0 Å². The molecule has 0 aromatic rings. The van der Waals surface area contributed by atoms with Gasteiger partial charge >= 0.3 is 407 Å². The Bertz CT molecular complexity index is 39.7. The summed E-state index contributed by atoms with van der Waals surface area (Å²) in [5.41, 5.74) is 0. The maximum atomic E-state index is 0. The van der Waals surface area contributed by atoms with E-state index in [4.69, 9.17) is 0 Å². The van der Waals surface area contributed by atoms with E-state index in [1.807, 2.05) is 0 Å². The van der Waals surface area contributed by atoms with Gasteiger partial charge in [0.1, 0.15) is 0 Å². The van der Waals surface area contributed by atoms with Crippen molar-refractivity contribution in [2.75, 3.05) is 0 Å². The third kappa shape index (κ3) is 904. The molecule has 0 atom stereocenters. The third-order valence-electron chi connectivity index (χ3n) is 0. The zero-order valence-corrected chi connectivity index (χ0v) is 46.5. The molecule has 0 aliphatic carbocycles. The van der Waals surface area contributed by atoms with Crippen LogP contribution in [0, 0.1) is 0 Å². The standard InChI is InChI=1S/10Ca.Na.31H2O/h;;;;;;;;;;;31*1H2/q10*+2;+1;;;;;;;;;;;;;;;;;;;;;;;;;;;;;;;/p-21. The molecule has 0 saturated heterocycles. The Morgan fingerprint density at radius 3 is 0.0952 bits per heavy atom. The molecule has 0 saturated carbocycles. The molecule has 42 heavy (non-hydrogen) atoms. The van der Waals surface area contributed by atoms with Crippen molar-refractivity contribution in [1.29, 1.82) is 0 Å². The van der Waals surface area contributed by atoms with E-state index >= 15 is 0 Å². The first-order chi connectivity index (χ1) is 0. The smallest absolute Gasteiger partial charge is 0.870 e. The van der Waals surface area contributed by atoms with Gasteiger partial charge in [-0.25, -0.2) is 0 Å². The summed E-state index contributed by atoms with van der Waals surface area (Å²) in [5, 5.41) is 0. The van der Waals surface area contributed by atoms with Gasteiger partial charge in [-0.1, -0.05) is 0 Å². The molecule has 0 amide bonds. The van der Waals surface area contributed by atoms with Crippen molar-refractivity contribution in [2.24, 2.45) is 0 Å². The van der Waals surface area contributed by atoms with E-state index in [1.54, 1.807) is 0 Å². The second kappa shape index (κ2) is 958. The largest absolute Gasteiger partial charge is 2.00 e. The Balaban J connectivity index is 0. The van der Waals surface area contributed by atoms with Gasteiger partial charge in [0.05, 0.1) is 0 Å². The van der Waals surface area contributed by atoms with Gasteiger partial charge in [-0.15, -0.1) is 0 Å². The monoisotopic (exact) mass is 960 g/mol. The van der Waals surface area contributed by atoms with Crippen LogP contribution in [0.15, 0.2) is 0 Å². The van der Waals surface area contributed by atoms with Crippen LogP contribution in [0.25, 0.3) is 0 Å². The number of hydrogen-bond donors (Lipinski definition) is 0. The van der Waals surface area contributed by atoms with Crippen LogP contribution in [0.3, 0.4) is 0 Å². The van der Waals surface area contributed by atoms with Gasteiger partial charge in [0.2, 0.25) is 0 Å². The molecular formula is H41Ca10NaO31. The van der Waals surface area contributed by atoms with Crippen LogP contribution in [0.2, 0.25) is 0 Å². The summed E-state index contributed by atoms with van der Waals surface area (Å²) < 4.78 is 0. The van der Waals surface area contributed by atoms with Crippen molar-refractivity contribution >= 4 is 377 Å². The van der Waals surface area contributed by atoms with Crippen molar-refractivity contribution in [1.82, 2.24) is 0 Å². The van der Waals surface area contributed by atoms with E-state index in [1.165, 1.54) is 0 Å².